The van der Waals surface area contributed by atoms with Crippen LogP contribution in [0.15, 0.2) is 162 Å². The molecule has 0 unspecified atom stereocenters. The fraction of sp³-hybridized carbons (Fsp3) is 0. The topological polar surface area (TPSA) is 38.7 Å². The summed E-state index contributed by atoms with van der Waals surface area (Å²) in [5, 5.41) is 0. The van der Waals surface area contributed by atoms with Gasteiger partial charge in [0.2, 0.25) is 0 Å². The maximum atomic E-state index is 4.94. The molecule has 0 spiro atoms. The highest BCUT2D eigenvalue weighted by atomic mass is 79.9. The summed E-state index contributed by atoms with van der Waals surface area (Å²) < 4.78 is 1.07. The molecule has 0 fully saturated rings. The summed E-state index contributed by atoms with van der Waals surface area (Å²) in [4.78, 5) is 14.7. The van der Waals surface area contributed by atoms with Crippen LogP contribution in [0.4, 0.5) is 0 Å². The van der Waals surface area contributed by atoms with Crippen LogP contribution < -0.4 is 0 Å². The van der Waals surface area contributed by atoms with E-state index < -0.39 is 0 Å². The molecule has 1 aromatic heterocycles. The highest BCUT2D eigenvalue weighted by Crippen LogP contribution is 2.31. The van der Waals surface area contributed by atoms with Crippen LogP contribution in [0.25, 0.3) is 67.5 Å². The predicted molar refractivity (Wildman–Crippen MR) is 180 cm³/mol. The summed E-state index contributed by atoms with van der Waals surface area (Å²) in [6, 6.07) is 54.3. The molecule has 0 amide bonds. The van der Waals surface area contributed by atoms with Crippen molar-refractivity contribution in [3.05, 3.63) is 162 Å². The smallest absolute Gasteiger partial charge is 0.164 e. The molecular weight excluding hydrogens is 590 g/mol. The van der Waals surface area contributed by atoms with Crippen molar-refractivity contribution in [1.82, 2.24) is 15.0 Å². The highest BCUT2D eigenvalue weighted by molar-refractivity contribution is 9.10. The van der Waals surface area contributed by atoms with Crippen molar-refractivity contribution in [1.29, 1.82) is 0 Å². The van der Waals surface area contributed by atoms with Gasteiger partial charge in [0.25, 0.3) is 0 Å². The van der Waals surface area contributed by atoms with E-state index in [0.717, 1.165) is 37.9 Å². The SMILES string of the molecule is Brc1cccc(-c2cccc(-c3ccc(-c4nc(-c5ccccc5)nc(-c5ccc(-c6ccccc6)cc5)n4)cc3)c2)c1. The molecule has 0 aliphatic carbocycles. The van der Waals surface area contributed by atoms with Crippen molar-refractivity contribution in [2.75, 3.05) is 0 Å². The van der Waals surface area contributed by atoms with Gasteiger partial charge in [-0.25, -0.2) is 15.0 Å². The van der Waals surface area contributed by atoms with Crippen LogP contribution in [0.2, 0.25) is 0 Å². The lowest BCUT2D eigenvalue weighted by Crippen LogP contribution is -2.00. The first-order chi connectivity index (χ1) is 21.2. The van der Waals surface area contributed by atoms with Crippen LogP contribution in [-0.2, 0) is 0 Å². The van der Waals surface area contributed by atoms with E-state index in [1.165, 1.54) is 16.7 Å². The molecule has 0 saturated heterocycles. The van der Waals surface area contributed by atoms with Gasteiger partial charge < -0.3 is 0 Å². The van der Waals surface area contributed by atoms with Gasteiger partial charge in [0.1, 0.15) is 0 Å². The van der Waals surface area contributed by atoms with E-state index in [0.29, 0.717) is 17.5 Å². The van der Waals surface area contributed by atoms with Gasteiger partial charge >= 0.3 is 0 Å². The van der Waals surface area contributed by atoms with Crippen LogP contribution in [0.1, 0.15) is 0 Å². The number of aromatic nitrogens is 3. The van der Waals surface area contributed by atoms with Crippen molar-refractivity contribution in [2.45, 2.75) is 0 Å². The summed E-state index contributed by atoms with van der Waals surface area (Å²) in [7, 11) is 0. The first-order valence-electron chi connectivity index (χ1n) is 14.1. The molecule has 4 heteroatoms. The molecule has 1 heterocycles. The molecule has 0 aliphatic heterocycles. The van der Waals surface area contributed by atoms with Crippen molar-refractivity contribution < 1.29 is 0 Å². The Bertz CT molecular complexity index is 2000. The lowest BCUT2D eigenvalue weighted by Gasteiger charge is -2.10. The molecule has 3 nitrogen and oxygen atoms in total. The minimum atomic E-state index is 0.644. The Hall–Kier alpha value is -5.19. The average Bonchev–Trinajstić information content (AvgIpc) is 3.09. The van der Waals surface area contributed by atoms with Crippen LogP contribution in [0.5, 0.6) is 0 Å². The largest absolute Gasteiger partial charge is 0.208 e. The fourth-order valence-electron chi connectivity index (χ4n) is 5.15. The Balaban J connectivity index is 1.24. The third-order valence-corrected chi connectivity index (χ3v) is 7.91. The molecule has 0 N–H and O–H groups in total. The van der Waals surface area contributed by atoms with Gasteiger partial charge in [-0.05, 0) is 51.6 Å². The number of nitrogens with zero attached hydrogens (tertiary/aromatic N) is 3. The maximum absolute atomic E-state index is 4.94. The highest BCUT2D eigenvalue weighted by Gasteiger charge is 2.13. The van der Waals surface area contributed by atoms with Crippen LogP contribution >= 0.6 is 15.9 Å². The van der Waals surface area contributed by atoms with Gasteiger partial charge in [0.15, 0.2) is 17.5 Å². The summed E-state index contributed by atoms with van der Waals surface area (Å²) in [6.07, 6.45) is 0. The zero-order chi connectivity index (χ0) is 29.0. The number of halogens is 1. The summed E-state index contributed by atoms with van der Waals surface area (Å²) in [5.41, 5.74) is 9.81. The zero-order valence-corrected chi connectivity index (χ0v) is 24.8. The summed E-state index contributed by atoms with van der Waals surface area (Å²) in [6.45, 7) is 0. The number of hydrogen-bond acceptors (Lipinski definition) is 3. The van der Waals surface area contributed by atoms with E-state index in [9.17, 15) is 0 Å². The predicted octanol–water partition coefficient (Wildman–Crippen LogP) is 10.6. The molecule has 7 aromatic rings. The van der Waals surface area contributed by atoms with Crippen LogP contribution in [0.3, 0.4) is 0 Å². The van der Waals surface area contributed by atoms with E-state index in [4.69, 9.17) is 15.0 Å². The van der Waals surface area contributed by atoms with E-state index in [1.807, 2.05) is 42.5 Å². The Kier molecular flexibility index (Phi) is 7.43. The summed E-state index contributed by atoms with van der Waals surface area (Å²) in [5.74, 6) is 1.94. The molecule has 43 heavy (non-hydrogen) atoms. The second-order valence-corrected chi connectivity index (χ2v) is 11.2. The molecule has 0 atom stereocenters. The lowest BCUT2D eigenvalue weighted by molar-refractivity contribution is 1.07. The van der Waals surface area contributed by atoms with Crippen molar-refractivity contribution in [3.8, 4) is 67.5 Å². The molecule has 0 radical (unpaired) electrons. The fourth-order valence-corrected chi connectivity index (χ4v) is 5.55. The Morgan fingerprint density at radius 1 is 0.279 bits per heavy atom. The molecule has 204 valence electrons. The zero-order valence-electron chi connectivity index (χ0n) is 23.2. The van der Waals surface area contributed by atoms with E-state index in [1.54, 1.807) is 0 Å². The van der Waals surface area contributed by atoms with Crippen molar-refractivity contribution >= 4 is 15.9 Å². The second-order valence-electron chi connectivity index (χ2n) is 10.3. The van der Waals surface area contributed by atoms with Crippen molar-refractivity contribution in [2.24, 2.45) is 0 Å². The van der Waals surface area contributed by atoms with Crippen molar-refractivity contribution in [3.63, 3.8) is 0 Å². The molecule has 0 aliphatic rings. The maximum Gasteiger partial charge on any atom is 0.164 e. The summed E-state index contributed by atoms with van der Waals surface area (Å²) >= 11 is 3.59. The lowest BCUT2D eigenvalue weighted by atomic mass is 9.98. The molecule has 7 rings (SSSR count). The minimum Gasteiger partial charge on any atom is -0.208 e. The molecule has 6 aromatic carbocycles. The number of rotatable bonds is 6. The van der Waals surface area contributed by atoms with E-state index in [2.05, 4.69) is 131 Å². The first kappa shape index (κ1) is 26.7. The third kappa shape index (κ3) is 5.92. The Morgan fingerprint density at radius 3 is 1.12 bits per heavy atom. The van der Waals surface area contributed by atoms with E-state index in [-0.39, 0.29) is 0 Å². The normalized spacial score (nSPS) is 10.9. The molecule has 0 bridgehead atoms. The van der Waals surface area contributed by atoms with Gasteiger partial charge in [-0.2, -0.15) is 0 Å². The average molecular weight is 617 g/mol. The van der Waals surface area contributed by atoms with Gasteiger partial charge in [-0.15, -0.1) is 0 Å². The standard InChI is InChI=1S/C39H26BrN3/c40-36-16-8-15-35(26-36)34-14-7-13-33(25-34)29-19-23-32(24-20-29)39-42-37(30-11-5-2-6-12-30)41-38(43-39)31-21-17-28(18-22-31)27-9-3-1-4-10-27/h1-26H. The van der Waals surface area contributed by atoms with Gasteiger partial charge in [-0.3, -0.25) is 0 Å². The number of hydrogen-bond donors (Lipinski definition) is 0. The minimum absolute atomic E-state index is 0.644. The Labute approximate surface area is 259 Å². The van der Waals surface area contributed by atoms with Gasteiger partial charge in [0, 0.05) is 21.2 Å². The van der Waals surface area contributed by atoms with Crippen LogP contribution in [-0.4, -0.2) is 15.0 Å². The number of benzene rings is 6. The Morgan fingerprint density at radius 2 is 0.605 bits per heavy atom. The van der Waals surface area contributed by atoms with Crippen LogP contribution in [0, 0.1) is 0 Å². The van der Waals surface area contributed by atoms with Gasteiger partial charge in [0.05, 0.1) is 0 Å². The monoisotopic (exact) mass is 615 g/mol. The second kappa shape index (κ2) is 12.0. The first-order valence-corrected chi connectivity index (χ1v) is 14.9. The quantitative estimate of drug-likeness (QED) is 0.187. The van der Waals surface area contributed by atoms with E-state index >= 15 is 0 Å². The molecule has 0 saturated carbocycles. The third-order valence-electron chi connectivity index (χ3n) is 7.41. The van der Waals surface area contributed by atoms with Gasteiger partial charge in [-0.1, -0.05) is 155 Å². The molecular formula is C39H26BrN3.